The van der Waals surface area contributed by atoms with Crippen molar-refractivity contribution in [3.63, 3.8) is 0 Å². The third-order valence-electron chi connectivity index (χ3n) is 1.07. The van der Waals surface area contributed by atoms with Crippen molar-refractivity contribution >= 4 is 31.1 Å². The van der Waals surface area contributed by atoms with Crippen molar-refractivity contribution in [3.05, 3.63) is 0 Å². The van der Waals surface area contributed by atoms with E-state index in [1.165, 1.54) is 0 Å². The van der Waals surface area contributed by atoms with E-state index in [0.29, 0.717) is 0 Å². The quantitative estimate of drug-likeness (QED) is 0.675. The molecule has 11 heavy (non-hydrogen) atoms. The predicted octanol–water partition coefficient (Wildman–Crippen LogP) is 3.28. The van der Waals surface area contributed by atoms with Gasteiger partial charge in [0.2, 0.25) is 0 Å². The van der Waals surface area contributed by atoms with Gasteiger partial charge in [0.25, 0.3) is 0 Å². The number of hydrogen-bond acceptors (Lipinski definition) is 0. The van der Waals surface area contributed by atoms with Crippen molar-refractivity contribution < 1.29 is 0 Å². The molecule has 0 saturated heterocycles. The first kappa shape index (κ1) is 12.0. The first-order valence-corrected chi connectivity index (χ1v) is 14.1. The first-order valence-electron chi connectivity index (χ1n) is 4.28. The van der Waals surface area contributed by atoms with Gasteiger partial charge in [-0.1, -0.05) is 0 Å². The Morgan fingerprint density at radius 3 is 1.18 bits per heavy atom. The molecule has 0 fully saturated rings. The SMILES string of the molecule is C[Si](C)(C)C[Se]C[Si](C)(C)C. The van der Waals surface area contributed by atoms with E-state index in [1.54, 1.807) is 9.89 Å². The van der Waals surface area contributed by atoms with Gasteiger partial charge in [-0.15, -0.1) is 0 Å². The predicted molar refractivity (Wildman–Crippen MR) is 62.1 cm³/mol. The normalized spacial score (nSPS) is 13.6. The molecule has 0 radical (unpaired) electrons. The van der Waals surface area contributed by atoms with Gasteiger partial charge in [-0.3, -0.25) is 0 Å². The van der Waals surface area contributed by atoms with E-state index >= 15 is 0 Å². The van der Waals surface area contributed by atoms with Crippen LogP contribution < -0.4 is 0 Å². The Morgan fingerprint density at radius 1 is 0.727 bits per heavy atom. The van der Waals surface area contributed by atoms with Crippen LogP contribution in [0.25, 0.3) is 0 Å². The Hall–Kier alpha value is 0.953. The third kappa shape index (κ3) is 11.0. The second kappa shape index (κ2) is 4.26. The molecule has 0 aromatic heterocycles. The number of rotatable bonds is 4. The zero-order valence-electron chi connectivity index (χ0n) is 8.82. The zero-order chi connectivity index (χ0) is 9.12. The number of hydrogen-bond donors (Lipinski definition) is 0. The van der Waals surface area contributed by atoms with E-state index in [0.717, 1.165) is 15.0 Å². The van der Waals surface area contributed by atoms with Crippen LogP contribution in [0.2, 0.25) is 49.2 Å². The summed E-state index contributed by atoms with van der Waals surface area (Å²) in [6, 6.07) is 0. The summed E-state index contributed by atoms with van der Waals surface area (Å²) in [4.78, 5) is 3.18. The van der Waals surface area contributed by atoms with Crippen LogP contribution >= 0.6 is 0 Å². The summed E-state index contributed by atoms with van der Waals surface area (Å²) < 4.78 is 0. The van der Waals surface area contributed by atoms with E-state index in [4.69, 9.17) is 0 Å². The molecule has 0 nitrogen and oxygen atoms in total. The van der Waals surface area contributed by atoms with Gasteiger partial charge >= 0.3 is 80.3 Å². The van der Waals surface area contributed by atoms with Crippen molar-refractivity contribution in [2.24, 2.45) is 0 Å². The van der Waals surface area contributed by atoms with E-state index in [1.807, 2.05) is 0 Å². The van der Waals surface area contributed by atoms with E-state index in [-0.39, 0.29) is 0 Å². The van der Waals surface area contributed by atoms with Gasteiger partial charge in [-0.25, -0.2) is 0 Å². The molecule has 0 aliphatic carbocycles. The average molecular weight is 253 g/mol. The molecule has 0 amide bonds. The van der Waals surface area contributed by atoms with Crippen molar-refractivity contribution in [2.75, 3.05) is 0 Å². The topological polar surface area (TPSA) is 0 Å². The molecule has 0 aliphatic rings. The standard InChI is InChI=1S/C8H22SeSi2/c1-10(2,3)7-9-8-11(4,5)6/h7-8H2,1-6H3. The second-order valence-electron chi connectivity index (χ2n) is 5.61. The second-order valence-corrected chi connectivity index (χ2v) is 20.9. The van der Waals surface area contributed by atoms with Crippen LogP contribution in [-0.4, -0.2) is 31.1 Å². The van der Waals surface area contributed by atoms with Gasteiger partial charge in [-0.05, 0) is 0 Å². The van der Waals surface area contributed by atoms with Crippen molar-refractivity contribution in [1.29, 1.82) is 0 Å². The summed E-state index contributed by atoms with van der Waals surface area (Å²) in [5.74, 6) is 0. The van der Waals surface area contributed by atoms with Gasteiger partial charge < -0.3 is 0 Å². The molecular weight excluding hydrogens is 231 g/mol. The van der Waals surface area contributed by atoms with Gasteiger partial charge in [0.05, 0.1) is 0 Å². The van der Waals surface area contributed by atoms with Crippen LogP contribution in [0.5, 0.6) is 0 Å². The van der Waals surface area contributed by atoms with E-state index in [2.05, 4.69) is 39.3 Å². The van der Waals surface area contributed by atoms with Crippen LogP contribution in [-0.2, 0) is 0 Å². The molecule has 0 saturated carbocycles. The fourth-order valence-corrected chi connectivity index (χ4v) is 11.9. The van der Waals surface area contributed by atoms with Gasteiger partial charge in [0.1, 0.15) is 0 Å². The molecule has 0 aromatic rings. The summed E-state index contributed by atoms with van der Waals surface area (Å²) in [6.45, 7) is 14.9. The summed E-state index contributed by atoms with van der Waals surface area (Å²) >= 11 is 0.967. The van der Waals surface area contributed by atoms with Crippen molar-refractivity contribution in [1.82, 2.24) is 0 Å². The minimum absolute atomic E-state index is 0.707. The summed E-state index contributed by atoms with van der Waals surface area (Å²) in [7, 11) is -1.41. The molecule has 0 heterocycles. The molecule has 0 aliphatic heterocycles. The summed E-state index contributed by atoms with van der Waals surface area (Å²) in [6.07, 6.45) is 0. The molecule has 0 bridgehead atoms. The molecule has 0 N–H and O–H groups in total. The van der Waals surface area contributed by atoms with E-state index in [9.17, 15) is 0 Å². The minimum atomic E-state index is -0.707. The Balaban J connectivity index is 3.44. The first-order chi connectivity index (χ1) is 4.71. The Bertz CT molecular complexity index is 96.2. The fourth-order valence-electron chi connectivity index (χ4n) is 0.663. The van der Waals surface area contributed by atoms with Crippen LogP contribution in [0.1, 0.15) is 0 Å². The molecular formula is C8H22SeSi2. The monoisotopic (exact) mass is 254 g/mol. The molecule has 0 rings (SSSR count). The molecule has 0 spiro atoms. The van der Waals surface area contributed by atoms with Gasteiger partial charge in [0.15, 0.2) is 0 Å². The molecule has 3 heteroatoms. The average Bonchev–Trinajstić information content (AvgIpc) is 1.55. The fraction of sp³-hybridized carbons (Fsp3) is 1.00. The summed E-state index contributed by atoms with van der Waals surface area (Å²) in [5, 5.41) is 0. The maximum atomic E-state index is 2.49. The Kier molecular flexibility index (Phi) is 4.63. The Labute approximate surface area is 80.3 Å². The van der Waals surface area contributed by atoms with Crippen LogP contribution in [0.15, 0.2) is 0 Å². The molecule has 0 unspecified atom stereocenters. The summed E-state index contributed by atoms with van der Waals surface area (Å²) in [5.41, 5.74) is 0. The van der Waals surface area contributed by atoms with Gasteiger partial charge in [0, 0.05) is 0 Å². The van der Waals surface area contributed by atoms with Crippen molar-refractivity contribution in [3.8, 4) is 0 Å². The third-order valence-corrected chi connectivity index (χ3v) is 16.7. The van der Waals surface area contributed by atoms with Gasteiger partial charge in [-0.2, -0.15) is 0 Å². The van der Waals surface area contributed by atoms with E-state index < -0.39 is 16.1 Å². The molecule has 68 valence electrons. The maximum absolute atomic E-state index is 2.49. The zero-order valence-corrected chi connectivity index (χ0v) is 12.5. The molecule has 0 atom stereocenters. The van der Waals surface area contributed by atoms with Crippen LogP contribution in [0.4, 0.5) is 0 Å². The molecule has 0 aromatic carbocycles. The van der Waals surface area contributed by atoms with Crippen molar-refractivity contribution in [2.45, 2.75) is 49.2 Å². The Morgan fingerprint density at radius 2 is 1.00 bits per heavy atom. The van der Waals surface area contributed by atoms with Crippen LogP contribution in [0.3, 0.4) is 0 Å². The van der Waals surface area contributed by atoms with Crippen LogP contribution in [0, 0.1) is 0 Å².